The van der Waals surface area contributed by atoms with Crippen molar-refractivity contribution in [3.63, 3.8) is 0 Å². The van der Waals surface area contributed by atoms with Crippen molar-refractivity contribution in [1.29, 1.82) is 0 Å². The highest BCUT2D eigenvalue weighted by Crippen LogP contribution is 2.54. The third kappa shape index (κ3) is 2.37. The zero-order valence-corrected chi connectivity index (χ0v) is 12.2. The zero-order chi connectivity index (χ0) is 14.3. The van der Waals surface area contributed by atoms with Crippen LogP contribution >= 0.6 is 23.5 Å². The van der Waals surface area contributed by atoms with Crippen LogP contribution in [0.25, 0.3) is 0 Å². The number of hydrogen-bond donors (Lipinski definition) is 3. The molecule has 2 aliphatic rings. The van der Waals surface area contributed by atoms with Gasteiger partial charge in [-0.2, -0.15) is 0 Å². The van der Waals surface area contributed by atoms with Crippen LogP contribution in [-0.2, 0) is 9.59 Å². The summed E-state index contributed by atoms with van der Waals surface area (Å²) in [6.07, 6.45) is -0.771. The van der Waals surface area contributed by atoms with Crippen LogP contribution in [0.15, 0.2) is 9.93 Å². The molecule has 0 spiro atoms. The average Bonchev–Trinajstić information content (AvgIpc) is 2.63. The van der Waals surface area contributed by atoms with Crippen LogP contribution in [0.5, 0.6) is 0 Å². The summed E-state index contributed by atoms with van der Waals surface area (Å²) in [5.41, 5.74) is 5.57. The third-order valence-electron chi connectivity index (χ3n) is 3.11. The number of nitrogens with zero attached hydrogens (tertiary/aromatic N) is 1. The van der Waals surface area contributed by atoms with Crippen LogP contribution in [0.2, 0.25) is 0 Å². The molecule has 0 bridgehead atoms. The van der Waals surface area contributed by atoms with E-state index in [4.69, 9.17) is 5.73 Å². The summed E-state index contributed by atoms with van der Waals surface area (Å²) in [6.45, 7) is 3.88. The second kappa shape index (κ2) is 5.35. The van der Waals surface area contributed by atoms with Gasteiger partial charge in [-0.25, -0.2) is 4.79 Å². The number of rotatable bonds is 5. The Morgan fingerprint density at radius 2 is 2.21 bits per heavy atom. The molecule has 2 rings (SSSR count). The number of aliphatic carboxylic acids is 1. The quantitative estimate of drug-likeness (QED) is 0.625. The Kier molecular flexibility index (Phi) is 4.14. The molecule has 106 valence electrons. The van der Waals surface area contributed by atoms with E-state index in [1.165, 1.54) is 28.4 Å². The maximum absolute atomic E-state index is 11.9. The second-order valence-electron chi connectivity index (χ2n) is 4.59. The van der Waals surface area contributed by atoms with Crippen molar-refractivity contribution in [1.82, 2.24) is 4.90 Å². The molecule has 4 N–H and O–H groups in total. The molecule has 1 fully saturated rings. The first-order chi connectivity index (χ1) is 8.88. The summed E-state index contributed by atoms with van der Waals surface area (Å²) in [7, 11) is 0. The molecule has 0 aliphatic carbocycles. The predicted octanol–water partition coefficient (Wildman–Crippen LogP) is 0.233. The first-order valence-electron chi connectivity index (χ1n) is 5.90. The lowest BCUT2D eigenvalue weighted by Gasteiger charge is -2.43. The third-order valence-corrected chi connectivity index (χ3v) is 5.84. The summed E-state index contributed by atoms with van der Waals surface area (Å²) in [5, 5.41) is 18.6. The molecule has 3 unspecified atom stereocenters. The number of nitrogens with two attached hydrogens (primary N) is 1. The molecule has 6 nitrogen and oxygen atoms in total. The Hall–Kier alpha value is -0.700. The largest absolute Gasteiger partial charge is 0.477 e. The van der Waals surface area contributed by atoms with Gasteiger partial charge in [0.25, 0.3) is 0 Å². The molecule has 0 aromatic rings. The smallest absolute Gasteiger partial charge is 0.354 e. The second-order valence-corrected chi connectivity index (χ2v) is 7.42. The monoisotopic (exact) mass is 304 g/mol. The van der Waals surface area contributed by atoms with E-state index in [0.29, 0.717) is 10.8 Å². The van der Waals surface area contributed by atoms with Crippen LogP contribution in [0.3, 0.4) is 0 Å². The lowest BCUT2D eigenvalue weighted by molar-refractivity contribution is -0.156. The minimum atomic E-state index is -1.11. The fourth-order valence-corrected chi connectivity index (χ4v) is 5.15. The van der Waals surface area contributed by atoms with E-state index in [1.54, 1.807) is 6.92 Å². The Balaban J connectivity index is 2.24. The number of thioether (sulfide) groups is 2. The molecule has 0 radical (unpaired) electrons. The van der Waals surface area contributed by atoms with Gasteiger partial charge in [0.1, 0.15) is 5.37 Å². The first kappa shape index (κ1) is 14.7. The maximum atomic E-state index is 11.9. The fraction of sp³-hybridized carbons (Fsp3) is 0.636. The highest BCUT2D eigenvalue weighted by atomic mass is 32.2. The average molecular weight is 304 g/mol. The number of aliphatic hydroxyl groups is 1. The number of carbonyl (C=O) groups is 2. The number of carboxylic acids is 1. The van der Waals surface area contributed by atoms with Crippen molar-refractivity contribution in [2.45, 2.75) is 30.6 Å². The predicted molar refractivity (Wildman–Crippen MR) is 74.2 cm³/mol. The standard InChI is InChI=1S/C11H16N2O4S2/c1-4(3-12)18-11-7(10(16)17)13-8(15)6(5(2)14)9(13)19-11/h4-6,9,14H,3,12H2,1-2H3,(H,16,17)/t4?,5?,6?,9-/m1/s1. The Morgan fingerprint density at radius 3 is 2.68 bits per heavy atom. The Labute approximate surface area is 119 Å². The molecule has 4 atom stereocenters. The van der Waals surface area contributed by atoms with Crippen LogP contribution in [0.1, 0.15) is 13.8 Å². The van der Waals surface area contributed by atoms with Gasteiger partial charge < -0.3 is 15.9 Å². The lowest BCUT2D eigenvalue weighted by atomic mass is 9.92. The van der Waals surface area contributed by atoms with E-state index in [0.717, 1.165) is 0 Å². The van der Waals surface area contributed by atoms with Gasteiger partial charge in [-0.15, -0.1) is 11.8 Å². The van der Waals surface area contributed by atoms with Crippen LogP contribution in [0.4, 0.5) is 0 Å². The van der Waals surface area contributed by atoms with E-state index in [9.17, 15) is 19.8 Å². The molecule has 0 saturated carbocycles. The van der Waals surface area contributed by atoms with Gasteiger partial charge in [0.05, 0.1) is 16.3 Å². The van der Waals surface area contributed by atoms with Crippen LogP contribution in [-0.4, -0.2) is 50.3 Å². The van der Waals surface area contributed by atoms with Crippen molar-refractivity contribution >= 4 is 35.4 Å². The molecule has 0 aromatic heterocycles. The van der Waals surface area contributed by atoms with Crippen LogP contribution in [0, 0.1) is 5.92 Å². The summed E-state index contributed by atoms with van der Waals surface area (Å²) >= 11 is 2.70. The van der Waals surface area contributed by atoms with Crippen molar-refractivity contribution in [2.75, 3.05) is 6.54 Å². The fourth-order valence-electron chi connectivity index (χ4n) is 2.06. The summed E-state index contributed by atoms with van der Waals surface area (Å²) in [6, 6.07) is 0. The number of amides is 1. The molecular weight excluding hydrogens is 288 g/mol. The summed E-state index contributed by atoms with van der Waals surface area (Å²) in [4.78, 5) is 24.5. The number of hydrogen-bond acceptors (Lipinski definition) is 6. The van der Waals surface area contributed by atoms with Gasteiger partial charge in [-0.1, -0.05) is 18.7 Å². The normalized spacial score (nSPS) is 29.1. The van der Waals surface area contributed by atoms with Gasteiger partial charge >= 0.3 is 5.97 Å². The molecular formula is C11H16N2O4S2. The van der Waals surface area contributed by atoms with Gasteiger partial charge in [0.15, 0.2) is 5.70 Å². The van der Waals surface area contributed by atoms with E-state index >= 15 is 0 Å². The van der Waals surface area contributed by atoms with Gasteiger partial charge in [0.2, 0.25) is 5.91 Å². The SMILES string of the molecule is CC(CN)SC1=C(C(=O)O)N2C(=O)C(C(C)O)[C@H]2S1. The highest BCUT2D eigenvalue weighted by Gasteiger charge is 2.57. The Bertz CT molecular complexity index is 452. The molecule has 1 saturated heterocycles. The molecule has 0 aromatic carbocycles. The van der Waals surface area contributed by atoms with Crippen molar-refractivity contribution in [2.24, 2.45) is 11.7 Å². The molecule has 19 heavy (non-hydrogen) atoms. The van der Waals surface area contributed by atoms with E-state index in [-0.39, 0.29) is 22.2 Å². The maximum Gasteiger partial charge on any atom is 0.354 e. The topological polar surface area (TPSA) is 104 Å². The molecule has 1 amide bonds. The number of carboxylic acid groups (broad SMARTS) is 1. The zero-order valence-electron chi connectivity index (χ0n) is 10.6. The Morgan fingerprint density at radius 1 is 1.58 bits per heavy atom. The molecule has 2 heterocycles. The van der Waals surface area contributed by atoms with Crippen LogP contribution < -0.4 is 5.73 Å². The minimum absolute atomic E-state index is 0.0298. The van der Waals surface area contributed by atoms with Crippen molar-refractivity contribution in [3.05, 3.63) is 9.93 Å². The van der Waals surface area contributed by atoms with Crippen molar-refractivity contribution < 1.29 is 19.8 Å². The minimum Gasteiger partial charge on any atom is -0.477 e. The molecule has 2 aliphatic heterocycles. The summed E-state index contributed by atoms with van der Waals surface area (Å²) in [5.74, 6) is -1.95. The van der Waals surface area contributed by atoms with E-state index in [2.05, 4.69) is 0 Å². The van der Waals surface area contributed by atoms with Gasteiger partial charge in [0, 0.05) is 11.8 Å². The highest BCUT2D eigenvalue weighted by molar-refractivity contribution is 8.23. The van der Waals surface area contributed by atoms with E-state index in [1.807, 2.05) is 6.92 Å². The van der Waals surface area contributed by atoms with Crippen molar-refractivity contribution in [3.8, 4) is 0 Å². The van der Waals surface area contributed by atoms with Gasteiger partial charge in [-0.05, 0) is 6.92 Å². The number of β-lactam (4-membered cyclic amide) rings is 1. The lowest BCUT2D eigenvalue weighted by Crippen LogP contribution is -2.60. The number of carbonyl (C=O) groups excluding carboxylic acids is 1. The van der Waals surface area contributed by atoms with Gasteiger partial charge in [-0.3, -0.25) is 9.69 Å². The van der Waals surface area contributed by atoms with E-state index < -0.39 is 18.0 Å². The number of aliphatic hydroxyl groups excluding tert-OH is 1. The number of fused-ring (bicyclic) bond motifs is 1. The first-order valence-corrected chi connectivity index (χ1v) is 7.66. The molecule has 8 heteroatoms. The summed E-state index contributed by atoms with van der Waals surface area (Å²) < 4.78 is 0.604.